The van der Waals surface area contributed by atoms with Crippen LogP contribution in [0.5, 0.6) is 0 Å². The van der Waals surface area contributed by atoms with Gasteiger partial charge in [0.15, 0.2) is 0 Å². The van der Waals surface area contributed by atoms with Crippen molar-refractivity contribution in [2.24, 2.45) is 0 Å². The number of hydrogen-bond donors (Lipinski definition) is 0. The molecule has 1 aliphatic heterocycles. The van der Waals surface area contributed by atoms with Crippen LogP contribution in [0.3, 0.4) is 0 Å². The Balaban J connectivity index is 2.24. The monoisotopic (exact) mass is 344 g/mol. The van der Waals surface area contributed by atoms with Crippen molar-refractivity contribution in [2.75, 3.05) is 30.7 Å². The third kappa shape index (κ3) is 3.93. The minimum atomic E-state index is -3.35. The van der Waals surface area contributed by atoms with E-state index in [0.29, 0.717) is 11.3 Å². The van der Waals surface area contributed by atoms with Crippen LogP contribution in [0.25, 0.3) is 0 Å². The van der Waals surface area contributed by atoms with Crippen molar-refractivity contribution < 1.29 is 13.2 Å². The predicted octanol–water partition coefficient (Wildman–Crippen LogP) is 2.75. The van der Waals surface area contributed by atoms with E-state index in [1.807, 2.05) is 4.90 Å². The zero-order valence-electron chi connectivity index (χ0n) is 12.9. The Morgan fingerprint density at radius 1 is 1.18 bits per heavy atom. The molecule has 5 nitrogen and oxygen atoms in total. The summed E-state index contributed by atoms with van der Waals surface area (Å²) < 4.78 is 24.2. The molecule has 0 aliphatic carbocycles. The number of anilines is 1. The lowest BCUT2D eigenvalue weighted by Gasteiger charge is -2.22. The van der Waals surface area contributed by atoms with Gasteiger partial charge in [0.05, 0.1) is 22.5 Å². The first-order chi connectivity index (χ1) is 10.3. The van der Waals surface area contributed by atoms with Crippen molar-refractivity contribution >= 4 is 33.2 Å². The zero-order valence-corrected chi connectivity index (χ0v) is 14.5. The topological polar surface area (TPSA) is 57.7 Å². The van der Waals surface area contributed by atoms with Crippen LogP contribution < -0.4 is 4.31 Å². The van der Waals surface area contributed by atoms with Crippen molar-refractivity contribution in [1.29, 1.82) is 0 Å². The molecule has 0 atom stereocenters. The highest BCUT2D eigenvalue weighted by atomic mass is 35.5. The Kier molecular flexibility index (Phi) is 5.34. The molecule has 0 unspecified atom stereocenters. The van der Waals surface area contributed by atoms with Crippen molar-refractivity contribution in [1.82, 2.24) is 4.90 Å². The van der Waals surface area contributed by atoms with Crippen LogP contribution in [-0.2, 0) is 10.0 Å². The lowest BCUT2D eigenvalue weighted by molar-refractivity contribution is 0.0762. The molecule has 1 aromatic carbocycles. The second-order valence-electron chi connectivity index (χ2n) is 5.60. The van der Waals surface area contributed by atoms with Crippen molar-refractivity contribution in [2.45, 2.75) is 25.7 Å². The summed E-state index contributed by atoms with van der Waals surface area (Å²) in [6, 6.07) is 4.73. The lowest BCUT2D eigenvalue weighted by atomic mass is 10.1. The van der Waals surface area contributed by atoms with Gasteiger partial charge < -0.3 is 4.90 Å². The van der Waals surface area contributed by atoms with Gasteiger partial charge in [0.1, 0.15) is 0 Å². The quantitative estimate of drug-likeness (QED) is 0.847. The number of amides is 1. The Hall–Kier alpha value is -1.27. The second-order valence-corrected chi connectivity index (χ2v) is 8.02. The standard InChI is InChI=1S/C15H21ClN2O3S/c1-17(22(2,20)21)12-7-8-13(14(16)11-12)15(19)18-9-5-3-4-6-10-18/h7-8,11H,3-6,9-10H2,1-2H3. The molecule has 22 heavy (non-hydrogen) atoms. The molecule has 7 heteroatoms. The van der Waals surface area contributed by atoms with Gasteiger partial charge in [-0.1, -0.05) is 24.4 Å². The highest BCUT2D eigenvalue weighted by molar-refractivity contribution is 7.92. The number of carbonyl (C=O) groups is 1. The van der Waals surface area contributed by atoms with Gasteiger partial charge in [0, 0.05) is 20.1 Å². The number of carbonyl (C=O) groups excluding carboxylic acids is 1. The number of benzene rings is 1. The maximum Gasteiger partial charge on any atom is 0.255 e. The molecular weight excluding hydrogens is 324 g/mol. The smallest absolute Gasteiger partial charge is 0.255 e. The van der Waals surface area contributed by atoms with Crippen LogP contribution in [0.1, 0.15) is 36.0 Å². The van der Waals surface area contributed by atoms with Gasteiger partial charge in [0.25, 0.3) is 5.91 Å². The summed E-state index contributed by atoms with van der Waals surface area (Å²) in [5.41, 5.74) is 0.870. The minimum absolute atomic E-state index is 0.0829. The van der Waals surface area contributed by atoms with E-state index in [1.165, 1.54) is 13.1 Å². The molecule has 1 heterocycles. The predicted molar refractivity (Wildman–Crippen MR) is 89.1 cm³/mol. The number of sulfonamides is 1. The van der Waals surface area contributed by atoms with Gasteiger partial charge >= 0.3 is 0 Å². The summed E-state index contributed by atoms with van der Waals surface area (Å²) >= 11 is 6.21. The van der Waals surface area contributed by atoms with E-state index >= 15 is 0 Å². The molecule has 0 bridgehead atoms. The van der Waals surface area contributed by atoms with Crippen molar-refractivity contribution in [3.05, 3.63) is 28.8 Å². The van der Waals surface area contributed by atoms with E-state index in [1.54, 1.807) is 12.1 Å². The first kappa shape index (κ1) is 17.1. The average molecular weight is 345 g/mol. The maximum absolute atomic E-state index is 12.6. The lowest BCUT2D eigenvalue weighted by Crippen LogP contribution is -2.32. The van der Waals surface area contributed by atoms with Crippen molar-refractivity contribution in [3.8, 4) is 0 Å². The second kappa shape index (κ2) is 6.87. The largest absolute Gasteiger partial charge is 0.339 e. The highest BCUT2D eigenvalue weighted by Crippen LogP contribution is 2.26. The molecule has 1 amide bonds. The van der Waals surface area contributed by atoms with E-state index in [9.17, 15) is 13.2 Å². The number of halogens is 1. The first-order valence-corrected chi connectivity index (χ1v) is 9.56. The molecule has 0 aromatic heterocycles. The first-order valence-electron chi connectivity index (χ1n) is 7.33. The fraction of sp³-hybridized carbons (Fsp3) is 0.533. The van der Waals surface area contributed by atoms with Crippen LogP contribution in [-0.4, -0.2) is 45.6 Å². The molecule has 0 saturated carbocycles. The Bertz CT molecular complexity index is 653. The SMILES string of the molecule is CN(c1ccc(C(=O)N2CCCCCC2)c(Cl)c1)S(C)(=O)=O. The molecular formula is C15H21ClN2O3S. The van der Waals surface area contributed by atoms with Crippen LogP contribution in [0.15, 0.2) is 18.2 Å². The van der Waals surface area contributed by atoms with Gasteiger partial charge in [-0.25, -0.2) is 8.42 Å². The minimum Gasteiger partial charge on any atom is -0.339 e. The number of rotatable bonds is 3. The van der Waals surface area contributed by atoms with E-state index in [0.717, 1.165) is 49.3 Å². The number of nitrogens with zero attached hydrogens (tertiary/aromatic N) is 2. The van der Waals surface area contributed by atoms with E-state index < -0.39 is 10.0 Å². The highest BCUT2D eigenvalue weighted by Gasteiger charge is 2.21. The van der Waals surface area contributed by atoms with Crippen LogP contribution in [0, 0.1) is 0 Å². The van der Waals surface area contributed by atoms with Gasteiger partial charge in [-0.3, -0.25) is 9.10 Å². The third-order valence-electron chi connectivity index (χ3n) is 3.94. The molecule has 0 radical (unpaired) electrons. The van der Waals surface area contributed by atoms with Gasteiger partial charge in [-0.15, -0.1) is 0 Å². The molecule has 2 rings (SSSR count). The molecule has 1 aliphatic rings. The van der Waals surface area contributed by atoms with Crippen LogP contribution in [0.4, 0.5) is 5.69 Å². The molecule has 1 saturated heterocycles. The number of hydrogen-bond acceptors (Lipinski definition) is 3. The average Bonchev–Trinajstić information content (AvgIpc) is 2.73. The summed E-state index contributed by atoms with van der Waals surface area (Å²) in [7, 11) is -1.90. The summed E-state index contributed by atoms with van der Waals surface area (Å²) in [4.78, 5) is 14.4. The van der Waals surface area contributed by atoms with E-state index in [2.05, 4.69) is 0 Å². The van der Waals surface area contributed by atoms with Gasteiger partial charge in [-0.2, -0.15) is 0 Å². The van der Waals surface area contributed by atoms with E-state index in [4.69, 9.17) is 11.6 Å². The zero-order chi connectivity index (χ0) is 16.3. The van der Waals surface area contributed by atoms with Crippen LogP contribution >= 0.6 is 11.6 Å². The van der Waals surface area contributed by atoms with Crippen LogP contribution in [0.2, 0.25) is 5.02 Å². The van der Waals surface area contributed by atoms with E-state index in [-0.39, 0.29) is 10.9 Å². The Morgan fingerprint density at radius 3 is 2.27 bits per heavy atom. The third-order valence-corrected chi connectivity index (χ3v) is 5.46. The summed E-state index contributed by atoms with van der Waals surface area (Å²) in [5.74, 6) is -0.0829. The molecule has 1 fully saturated rings. The summed E-state index contributed by atoms with van der Waals surface area (Å²) in [6.07, 6.45) is 5.44. The number of likely N-dealkylation sites (tertiary alicyclic amines) is 1. The molecule has 122 valence electrons. The maximum atomic E-state index is 12.6. The molecule has 1 aromatic rings. The Morgan fingerprint density at radius 2 is 1.77 bits per heavy atom. The normalized spacial score (nSPS) is 16.2. The molecule has 0 spiro atoms. The van der Waals surface area contributed by atoms with Gasteiger partial charge in [-0.05, 0) is 31.0 Å². The van der Waals surface area contributed by atoms with Gasteiger partial charge in [0.2, 0.25) is 10.0 Å². The van der Waals surface area contributed by atoms with Crippen molar-refractivity contribution in [3.63, 3.8) is 0 Å². The fourth-order valence-electron chi connectivity index (χ4n) is 2.51. The fourth-order valence-corrected chi connectivity index (χ4v) is 3.26. The summed E-state index contributed by atoms with van der Waals surface area (Å²) in [6.45, 7) is 1.50. The Labute approximate surface area is 136 Å². The summed E-state index contributed by atoms with van der Waals surface area (Å²) in [5, 5.41) is 0.280. The molecule has 0 N–H and O–H groups in total.